The monoisotopic (exact) mass is 146 g/mol. The molecule has 0 spiro atoms. The smallest absolute Gasteiger partial charge is 0.180 e. The number of ether oxygens (including phenoxy) is 3. The third-order valence-corrected chi connectivity index (χ3v) is 1.29. The Hall–Kier alpha value is -0.120. The SMILES string of the molecule is CCCOC1COCCO1. The Balaban J connectivity index is 2.02. The Labute approximate surface area is 61.3 Å². The molecule has 1 aliphatic heterocycles. The number of hydrogen-bond acceptors (Lipinski definition) is 3. The zero-order valence-corrected chi connectivity index (χ0v) is 6.34. The molecule has 0 saturated carbocycles. The molecule has 0 aromatic heterocycles. The van der Waals surface area contributed by atoms with Crippen LogP contribution in [0.15, 0.2) is 0 Å². The standard InChI is InChI=1S/C7H14O3/c1-2-3-9-7-6-8-4-5-10-7/h7H,2-6H2,1H3. The summed E-state index contributed by atoms with van der Waals surface area (Å²) in [6.07, 6.45) is 0.911. The molecule has 60 valence electrons. The minimum Gasteiger partial charge on any atom is -0.374 e. The van der Waals surface area contributed by atoms with E-state index >= 15 is 0 Å². The van der Waals surface area contributed by atoms with Gasteiger partial charge in [0.2, 0.25) is 0 Å². The van der Waals surface area contributed by atoms with Gasteiger partial charge in [-0.2, -0.15) is 0 Å². The first kappa shape index (κ1) is 7.98. The van der Waals surface area contributed by atoms with E-state index in [0.717, 1.165) is 13.0 Å². The molecule has 0 aromatic carbocycles. The van der Waals surface area contributed by atoms with Gasteiger partial charge in [-0.15, -0.1) is 0 Å². The molecular weight excluding hydrogens is 132 g/mol. The molecular formula is C7H14O3. The fourth-order valence-electron chi connectivity index (χ4n) is 0.812. The summed E-state index contributed by atoms with van der Waals surface area (Å²) in [5.41, 5.74) is 0. The number of rotatable bonds is 3. The second-order valence-electron chi connectivity index (χ2n) is 2.25. The molecule has 0 radical (unpaired) electrons. The van der Waals surface area contributed by atoms with Gasteiger partial charge in [-0.3, -0.25) is 0 Å². The molecule has 3 heteroatoms. The highest BCUT2D eigenvalue weighted by Gasteiger charge is 2.12. The van der Waals surface area contributed by atoms with Crippen LogP contribution >= 0.6 is 0 Å². The van der Waals surface area contributed by atoms with Crippen molar-refractivity contribution in [3.63, 3.8) is 0 Å². The van der Waals surface area contributed by atoms with Crippen molar-refractivity contribution in [2.75, 3.05) is 26.4 Å². The summed E-state index contributed by atoms with van der Waals surface area (Å²) in [5, 5.41) is 0. The Morgan fingerprint density at radius 1 is 1.50 bits per heavy atom. The van der Waals surface area contributed by atoms with Crippen LogP contribution in [0.3, 0.4) is 0 Å². The molecule has 1 fully saturated rings. The largest absolute Gasteiger partial charge is 0.374 e. The lowest BCUT2D eigenvalue weighted by molar-refractivity contribution is -0.211. The number of hydrogen-bond donors (Lipinski definition) is 0. The second-order valence-corrected chi connectivity index (χ2v) is 2.25. The first-order chi connectivity index (χ1) is 4.93. The summed E-state index contributed by atoms with van der Waals surface area (Å²) in [4.78, 5) is 0. The topological polar surface area (TPSA) is 27.7 Å². The Morgan fingerprint density at radius 3 is 3.00 bits per heavy atom. The first-order valence-corrected chi connectivity index (χ1v) is 3.74. The van der Waals surface area contributed by atoms with Crippen molar-refractivity contribution in [3.8, 4) is 0 Å². The van der Waals surface area contributed by atoms with Crippen LogP contribution in [-0.2, 0) is 14.2 Å². The molecule has 1 unspecified atom stereocenters. The van der Waals surface area contributed by atoms with Crippen molar-refractivity contribution in [1.82, 2.24) is 0 Å². The first-order valence-electron chi connectivity index (χ1n) is 3.74. The molecule has 0 N–H and O–H groups in total. The van der Waals surface area contributed by atoms with E-state index in [1.807, 2.05) is 0 Å². The van der Waals surface area contributed by atoms with Crippen LogP contribution in [0.5, 0.6) is 0 Å². The molecule has 1 saturated heterocycles. The fourth-order valence-corrected chi connectivity index (χ4v) is 0.812. The van der Waals surface area contributed by atoms with Crippen LogP contribution in [0.2, 0.25) is 0 Å². The molecule has 1 rings (SSSR count). The average Bonchev–Trinajstić information content (AvgIpc) is 2.03. The van der Waals surface area contributed by atoms with E-state index in [9.17, 15) is 0 Å². The normalized spacial score (nSPS) is 26.7. The molecule has 3 nitrogen and oxygen atoms in total. The Morgan fingerprint density at radius 2 is 2.40 bits per heavy atom. The lowest BCUT2D eigenvalue weighted by Crippen LogP contribution is -2.31. The van der Waals surface area contributed by atoms with E-state index < -0.39 is 0 Å². The van der Waals surface area contributed by atoms with E-state index in [1.54, 1.807) is 0 Å². The molecule has 1 aliphatic rings. The van der Waals surface area contributed by atoms with Gasteiger partial charge in [-0.25, -0.2) is 0 Å². The lowest BCUT2D eigenvalue weighted by Gasteiger charge is -2.22. The van der Waals surface area contributed by atoms with E-state index in [2.05, 4.69) is 6.92 Å². The zero-order chi connectivity index (χ0) is 7.23. The summed E-state index contributed by atoms with van der Waals surface area (Å²) in [6, 6.07) is 0. The molecule has 1 heterocycles. The van der Waals surface area contributed by atoms with Crippen molar-refractivity contribution < 1.29 is 14.2 Å². The molecule has 0 aromatic rings. The molecule has 10 heavy (non-hydrogen) atoms. The summed E-state index contributed by atoms with van der Waals surface area (Å²) in [5.74, 6) is 0. The van der Waals surface area contributed by atoms with Gasteiger partial charge >= 0.3 is 0 Å². The Kier molecular flexibility index (Phi) is 3.72. The van der Waals surface area contributed by atoms with Crippen molar-refractivity contribution in [3.05, 3.63) is 0 Å². The maximum absolute atomic E-state index is 5.28. The van der Waals surface area contributed by atoms with Crippen LogP contribution in [0.4, 0.5) is 0 Å². The van der Waals surface area contributed by atoms with Gasteiger partial charge in [0.25, 0.3) is 0 Å². The van der Waals surface area contributed by atoms with E-state index in [4.69, 9.17) is 14.2 Å². The lowest BCUT2D eigenvalue weighted by atomic mass is 10.5. The van der Waals surface area contributed by atoms with Gasteiger partial charge in [-0.05, 0) is 6.42 Å². The third kappa shape index (κ3) is 2.64. The highest BCUT2D eigenvalue weighted by molar-refractivity contribution is 4.47. The van der Waals surface area contributed by atoms with Crippen molar-refractivity contribution in [2.45, 2.75) is 19.6 Å². The maximum atomic E-state index is 5.28. The van der Waals surface area contributed by atoms with Gasteiger partial charge in [0, 0.05) is 6.61 Å². The van der Waals surface area contributed by atoms with Crippen LogP contribution in [0.1, 0.15) is 13.3 Å². The van der Waals surface area contributed by atoms with E-state index in [0.29, 0.717) is 19.8 Å². The van der Waals surface area contributed by atoms with Crippen molar-refractivity contribution in [2.24, 2.45) is 0 Å². The Bertz CT molecular complexity index is 78.9. The average molecular weight is 146 g/mol. The van der Waals surface area contributed by atoms with E-state index in [1.165, 1.54) is 0 Å². The molecule has 0 bridgehead atoms. The minimum absolute atomic E-state index is 0.117. The second kappa shape index (κ2) is 4.66. The van der Waals surface area contributed by atoms with Gasteiger partial charge in [0.1, 0.15) is 0 Å². The predicted octanol–water partition coefficient (Wildman–Crippen LogP) is 0.786. The summed E-state index contributed by atoms with van der Waals surface area (Å²) in [7, 11) is 0. The van der Waals surface area contributed by atoms with E-state index in [-0.39, 0.29) is 6.29 Å². The third-order valence-electron chi connectivity index (χ3n) is 1.29. The highest BCUT2D eigenvalue weighted by Crippen LogP contribution is 2.01. The van der Waals surface area contributed by atoms with Gasteiger partial charge in [0.05, 0.1) is 19.8 Å². The molecule has 1 atom stereocenters. The van der Waals surface area contributed by atoms with Gasteiger partial charge in [-0.1, -0.05) is 6.92 Å². The quantitative estimate of drug-likeness (QED) is 0.589. The van der Waals surface area contributed by atoms with Crippen LogP contribution in [0, 0.1) is 0 Å². The highest BCUT2D eigenvalue weighted by atomic mass is 16.7. The zero-order valence-electron chi connectivity index (χ0n) is 6.34. The summed E-state index contributed by atoms with van der Waals surface area (Å²) >= 11 is 0. The van der Waals surface area contributed by atoms with Crippen molar-refractivity contribution in [1.29, 1.82) is 0 Å². The minimum atomic E-state index is -0.117. The van der Waals surface area contributed by atoms with Gasteiger partial charge < -0.3 is 14.2 Å². The van der Waals surface area contributed by atoms with Crippen LogP contribution in [0.25, 0.3) is 0 Å². The maximum Gasteiger partial charge on any atom is 0.180 e. The molecule has 0 aliphatic carbocycles. The van der Waals surface area contributed by atoms with Crippen molar-refractivity contribution >= 4 is 0 Å². The summed E-state index contributed by atoms with van der Waals surface area (Å²) in [6.45, 7) is 4.78. The van der Waals surface area contributed by atoms with Gasteiger partial charge in [0.15, 0.2) is 6.29 Å². The van der Waals surface area contributed by atoms with Crippen LogP contribution in [-0.4, -0.2) is 32.7 Å². The fraction of sp³-hybridized carbons (Fsp3) is 1.00. The summed E-state index contributed by atoms with van der Waals surface area (Å²) < 4.78 is 15.6. The van der Waals surface area contributed by atoms with Crippen LogP contribution < -0.4 is 0 Å². The predicted molar refractivity (Wildman–Crippen MR) is 36.8 cm³/mol. The molecule has 0 amide bonds.